The lowest BCUT2D eigenvalue weighted by Crippen LogP contribution is -2.24. The SMILES string of the molecule is CC=CCCCc1ccc(-c2ccc(-c3ccc(C4CCC(CCCCCCC)OC4)cc3F)cc2)c(F)c1F. The molecule has 1 saturated heterocycles. The predicted molar refractivity (Wildman–Crippen MR) is 160 cm³/mol. The van der Waals surface area contributed by atoms with Gasteiger partial charge in [-0.2, -0.15) is 0 Å². The first kappa shape index (κ1) is 30.1. The largest absolute Gasteiger partial charge is 0.378 e. The van der Waals surface area contributed by atoms with Gasteiger partial charge in [0.1, 0.15) is 5.82 Å². The van der Waals surface area contributed by atoms with E-state index in [1.165, 1.54) is 32.1 Å². The summed E-state index contributed by atoms with van der Waals surface area (Å²) in [6, 6.07) is 15.7. The number of hydrogen-bond donors (Lipinski definition) is 0. The molecule has 2 atom stereocenters. The van der Waals surface area contributed by atoms with Crippen LogP contribution in [0.15, 0.2) is 66.7 Å². The molecule has 40 heavy (non-hydrogen) atoms. The van der Waals surface area contributed by atoms with Crippen LogP contribution in [0.1, 0.15) is 95.1 Å². The first-order valence-electron chi connectivity index (χ1n) is 15.1. The fourth-order valence-electron chi connectivity index (χ4n) is 5.70. The molecule has 0 saturated carbocycles. The average Bonchev–Trinajstić information content (AvgIpc) is 2.98. The second-order valence-corrected chi connectivity index (χ2v) is 11.1. The highest BCUT2D eigenvalue weighted by molar-refractivity contribution is 5.71. The van der Waals surface area contributed by atoms with E-state index in [2.05, 4.69) is 6.92 Å². The van der Waals surface area contributed by atoms with Crippen LogP contribution in [0, 0.1) is 17.5 Å². The maximum absolute atomic E-state index is 15.2. The molecule has 0 N–H and O–H groups in total. The Morgan fingerprint density at radius 2 is 1.52 bits per heavy atom. The third-order valence-electron chi connectivity index (χ3n) is 8.19. The molecule has 1 aliphatic rings. The Bertz CT molecular complexity index is 1240. The molecule has 4 heteroatoms. The van der Waals surface area contributed by atoms with Crippen molar-refractivity contribution < 1.29 is 17.9 Å². The second-order valence-electron chi connectivity index (χ2n) is 11.1. The van der Waals surface area contributed by atoms with Gasteiger partial charge in [-0.05, 0) is 73.8 Å². The van der Waals surface area contributed by atoms with E-state index >= 15 is 4.39 Å². The summed E-state index contributed by atoms with van der Waals surface area (Å²) in [5.41, 5.74) is 3.36. The van der Waals surface area contributed by atoms with E-state index in [4.69, 9.17) is 4.74 Å². The van der Waals surface area contributed by atoms with E-state index < -0.39 is 11.6 Å². The zero-order valence-corrected chi connectivity index (χ0v) is 24.0. The van der Waals surface area contributed by atoms with Crippen LogP contribution in [0.25, 0.3) is 22.3 Å². The van der Waals surface area contributed by atoms with Crippen molar-refractivity contribution in [2.75, 3.05) is 6.61 Å². The van der Waals surface area contributed by atoms with Crippen LogP contribution in [0.2, 0.25) is 0 Å². The normalized spacial score (nSPS) is 17.5. The number of halogens is 3. The molecule has 1 aliphatic heterocycles. The minimum absolute atomic E-state index is 0.214. The van der Waals surface area contributed by atoms with Crippen LogP contribution < -0.4 is 0 Å². The zero-order chi connectivity index (χ0) is 28.3. The molecule has 1 nitrogen and oxygen atoms in total. The number of rotatable bonds is 13. The molecule has 0 radical (unpaired) electrons. The molecular formula is C36H43F3O. The molecule has 214 valence electrons. The van der Waals surface area contributed by atoms with Crippen LogP contribution in [-0.2, 0) is 11.2 Å². The molecule has 0 spiro atoms. The van der Waals surface area contributed by atoms with E-state index in [9.17, 15) is 8.78 Å². The fourth-order valence-corrected chi connectivity index (χ4v) is 5.70. The van der Waals surface area contributed by atoms with Gasteiger partial charge in [-0.1, -0.05) is 99.7 Å². The summed E-state index contributed by atoms with van der Waals surface area (Å²) in [4.78, 5) is 0. The van der Waals surface area contributed by atoms with Gasteiger partial charge >= 0.3 is 0 Å². The van der Waals surface area contributed by atoms with Gasteiger partial charge in [0.25, 0.3) is 0 Å². The maximum Gasteiger partial charge on any atom is 0.166 e. The molecule has 0 bridgehead atoms. The van der Waals surface area contributed by atoms with E-state index in [1.807, 2.05) is 31.2 Å². The Balaban J connectivity index is 1.36. The standard InChI is InChI=1S/C36H43F3O/c1-3-5-7-9-11-13-31-21-18-30(25-40-31)29-20-22-32(34(37)24-29)26-14-16-27(17-15-26)33-23-19-28(35(38)36(33)39)12-10-8-6-4-2/h4,6,14-17,19-20,22-24,30-31H,3,5,7-13,18,21,25H2,1-2H3. The molecule has 4 rings (SSSR count). The third-order valence-corrected chi connectivity index (χ3v) is 8.19. The molecule has 0 aliphatic carbocycles. The first-order chi connectivity index (χ1) is 19.5. The van der Waals surface area contributed by atoms with Gasteiger partial charge in [-0.3, -0.25) is 0 Å². The van der Waals surface area contributed by atoms with Crippen molar-refractivity contribution in [2.45, 2.75) is 96.5 Å². The highest BCUT2D eigenvalue weighted by Gasteiger charge is 2.23. The third kappa shape index (κ3) is 7.87. The first-order valence-corrected chi connectivity index (χ1v) is 15.1. The van der Waals surface area contributed by atoms with Gasteiger partial charge in [0.2, 0.25) is 0 Å². The summed E-state index contributed by atoms with van der Waals surface area (Å²) in [6.45, 7) is 4.82. The topological polar surface area (TPSA) is 9.23 Å². The number of benzene rings is 3. The van der Waals surface area contributed by atoms with Crippen molar-refractivity contribution in [1.82, 2.24) is 0 Å². The average molecular weight is 549 g/mol. The second kappa shape index (κ2) is 15.2. The van der Waals surface area contributed by atoms with Gasteiger partial charge in [0, 0.05) is 17.0 Å². The summed E-state index contributed by atoms with van der Waals surface area (Å²) in [5, 5.41) is 0. The lowest BCUT2D eigenvalue weighted by molar-refractivity contribution is -0.00217. The molecule has 1 fully saturated rings. The summed E-state index contributed by atoms with van der Waals surface area (Å²) < 4.78 is 51.0. The van der Waals surface area contributed by atoms with Gasteiger partial charge in [-0.15, -0.1) is 0 Å². The van der Waals surface area contributed by atoms with E-state index in [0.717, 1.165) is 37.7 Å². The van der Waals surface area contributed by atoms with Gasteiger partial charge < -0.3 is 4.74 Å². The summed E-state index contributed by atoms with van der Waals surface area (Å²) >= 11 is 0. The van der Waals surface area contributed by atoms with Crippen LogP contribution in [-0.4, -0.2) is 12.7 Å². The van der Waals surface area contributed by atoms with Crippen molar-refractivity contribution >= 4 is 0 Å². The molecular weight excluding hydrogens is 505 g/mol. The van der Waals surface area contributed by atoms with Crippen LogP contribution in [0.4, 0.5) is 13.2 Å². The molecule has 0 aromatic heterocycles. The summed E-state index contributed by atoms with van der Waals surface area (Å²) in [7, 11) is 0. The number of unbranched alkanes of at least 4 members (excludes halogenated alkanes) is 5. The van der Waals surface area contributed by atoms with Crippen LogP contribution in [0.5, 0.6) is 0 Å². The lowest BCUT2D eigenvalue weighted by Gasteiger charge is -2.29. The molecule has 3 aromatic carbocycles. The Morgan fingerprint density at radius 3 is 2.20 bits per heavy atom. The number of hydrogen-bond acceptors (Lipinski definition) is 1. The summed E-state index contributed by atoms with van der Waals surface area (Å²) in [6.07, 6.45) is 16.0. The highest BCUT2D eigenvalue weighted by atomic mass is 19.2. The van der Waals surface area contributed by atoms with Gasteiger partial charge in [0.05, 0.1) is 12.7 Å². The van der Waals surface area contributed by atoms with Crippen molar-refractivity contribution in [3.8, 4) is 22.3 Å². The van der Waals surface area contributed by atoms with Gasteiger partial charge in [-0.25, -0.2) is 13.2 Å². The van der Waals surface area contributed by atoms with Crippen LogP contribution >= 0.6 is 0 Å². The van der Waals surface area contributed by atoms with Crippen molar-refractivity contribution in [3.63, 3.8) is 0 Å². The maximum atomic E-state index is 15.2. The highest BCUT2D eigenvalue weighted by Crippen LogP contribution is 2.34. The fraction of sp³-hybridized carbons (Fsp3) is 0.444. The number of allylic oxidation sites excluding steroid dienone is 2. The Labute approximate surface area is 238 Å². The number of ether oxygens (including phenoxy) is 1. The predicted octanol–water partition coefficient (Wildman–Crippen LogP) is 11.0. The Kier molecular flexibility index (Phi) is 11.5. The molecule has 1 heterocycles. The Hall–Kier alpha value is -2.85. The molecule has 0 amide bonds. The summed E-state index contributed by atoms with van der Waals surface area (Å²) in [5.74, 6) is -1.68. The van der Waals surface area contributed by atoms with E-state index in [1.54, 1.807) is 42.5 Å². The quantitative estimate of drug-likeness (QED) is 0.152. The Morgan fingerprint density at radius 1 is 0.800 bits per heavy atom. The lowest BCUT2D eigenvalue weighted by atomic mass is 9.89. The smallest absolute Gasteiger partial charge is 0.166 e. The minimum Gasteiger partial charge on any atom is -0.378 e. The van der Waals surface area contributed by atoms with E-state index in [0.29, 0.717) is 41.4 Å². The van der Waals surface area contributed by atoms with E-state index in [-0.39, 0.29) is 17.3 Å². The van der Waals surface area contributed by atoms with Crippen molar-refractivity contribution in [2.24, 2.45) is 0 Å². The number of aryl methyl sites for hydroxylation is 1. The van der Waals surface area contributed by atoms with Crippen molar-refractivity contribution in [1.29, 1.82) is 0 Å². The zero-order valence-electron chi connectivity index (χ0n) is 24.0. The van der Waals surface area contributed by atoms with Crippen LogP contribution in [0.3, 0.4) is 0 Å². The van der Waals surface area contributed by atoms with Crippen molar-refractivity contribution in [3.05, 3.63) is 95.3 Å². The molecule has 3 aromatic rings. The van der Waals surface area contributed by atoms with Gasteiger partial charge in [0.15, 0.2) is 11.6 Å². The monoisotopic (exact) mass is 548 g/mol. The minimum atomic E-state index is -0.833. The molecule has 2 unspecified atom stereocenters.